The summed E-state index contributed by atoms with van der Waals surface area (Å²) in [6.45, 7) is 1.94. The van der Waals surface area contributed by atoms with Gasteiger partial charge in [0.05, 0.1) is 17.4 Å². The minimum atomic E-state index is -4.33. The summed E-state index contributed by atoms with van der Waals surface area (Å²) in [5, 5.41) is 7.51. The highest BCUT2D eigenvalue weighted by atomic mass is 19.4. The Bertz CT molecular complexity index is 613. The molecule has 1 aromatic carbocycles. The molecule has 0 spiro atoms. The third kappa shape index (κ3) is 3.10. The summed E-state index contributed by atoms with van der Waals surface area (Å²) in [7, 11) is 0. The SMILES string of the molecule is FC(F)(F)c1cccc(-n2cc(C3CCNCC3)cn2)c1. The van der Waals surface area contributed by atoms with Gasteiger partial charge in [-0.2, -0.15) is 18.3 Å². The number of rotatable bonds is 2. The molecular weight excluding hydrogens is 279 g/mol. The fourth-order valence-corrected chi connectivity index (χ4v) is 2.67. The highest BCUT2D eigenvalue weighted by Gasteiger charge is 2.30. The van der Waals surface area contributed by atoms with Crippen molar-refractivity contribution in [2.24, 2.45) is 0 Å². The molecule has 21 heavy (non-hydrogen) atoms. The average molecular weight is 295 g/mol. The third-order valence-electron chi connectivity index (χ3n) is 3.85. The minimum Gasteiger partial charge on any atom is -0.317 e. The molecule has 0 bridgehead atoms. The number of nitrogens with zero attached hydrogens (tertiary/aromatic N) is 2. The lowest BCUT2D eigenvalue weighted by atomic mass is 9.93. The molecule has 0 atom stereocenters. The first-order chi connectivity index (χ1) is 10.0. The lowest BCUT2D eigenvalue weighted by Gasteiger charge is -2.21. The summed E-state index contributed by atoms with van der Waals surface area (Å²) < 4.78 is 39.7. The number of hydrogen-bond donors (Lipinski definition) is 1. The highest BCUT2D eigenvalue weighted by molar-refractivity contribution is 5.37. The van der Waals surface area contributed by atoms with E-state index in [2.05, 4.69) is 10.4 Å². The van der Waals surface area contributed by atoms with E-state index in [1.54, 1.807) is 12.3 Å². The molecule has 0 radical (unpaired) electrons. The molecule has 2 aromatic rings. The van der Waals surface area contributed by atoms with Gasteiger partial charge in [-0.05, 0) is 55.6 Å². The Hall–Kier alpha value is -1.82. The van der Waals surface area contributed by atoms with Gasteiger partial charge < -0.3 is 5.32 Å². The molecule has 2 heterocycles. The van der Waals surface area contributed by atoms with Crippen LogP contribution >= 0.6 is 0 Å². The van der Waals surface area contributed by atoms with Gasteiger partial charge in [0.25, 0.3) is 0 Å². The van der Waals surface area contributed by atoms with Gasteiger partial charge >= 0.3 is 6.18 Å². The second-order valence-electron chi connectivity index (χ2n) is 5.29. The lowest BCUT2D eigenvalue weighted by molar-refractivity contribution is -0.137. The summed E-state index contributed by atoms with van der Waals surface area (Å²) in [4.78, 5) is 0. The molecule has 1 aliphatic heterocycles. The number of nitrogens with one attached hydrogen (secondary N) is 1. The van der Waals surface area contributed by atoms with Crippen molar-refractivity contribution in [3.05, 3.63) is 47.8 Å². The van der Waals surface area contributed by atoms with Crippen molar-refractivity contribution in [2.45, 2.75) is 24.9 Å². The Kier molecular flexibility index (Phi) is 3.71. The van der Waals surface area contributed by atoms with E-state index in [0.717, 1.165) is 43.6 Å². The van der Waals surface area contributed by atoms with E-state index in [-0.39, 0.29) is 0 Å². The first kappa shape index (κ1) is 14.1. The largest absolute Gasteiger partial charge is 0.416 e. The fraction of sp³-hybridized carbons (Fsp3) is 0.400. The van der Waals surface area contributed by atoms with Crippen LogP contribution in [0.4, 0.5) is 13.2 Å². The lowest BCUT2D eigenvalue weighted by Crippen LogP contribution is -2.26. The van der Waals surface area contributed by atoms with Crippen molar-refractivity contribution < 1.29 is 13.2 Å². The van der Waals surface area contributed by atoms with Crippen molar-refractivity contribution in [1.29, 1.82) is 0 Å². The Morgan fingerprint density at radius 2 is 1.95 bits per heavy atom. The maximum Gasteiger partial charge on any atom is 0.416 e. The third-order valence-corrected chi connectivity index (χ3v) is 3.85. The molecule has 0 unspecified atom stereocenters. The fourth-order valence-electron chi connectivity index (χ4n) is 2.67. The van der Waals surface area contributed by atoms with Crippen LogP contribution in [0.1, 0.15) is 29.9 Å². The van der Waals surface area contributed by atoms with Gasteiger partial charge in [0, 0.05) is 6.20 Å². The summed E-state index contributed by atoms with van der Waals surface area (Å²) in [6.07, 6.45) is 1.34. The van der Waals surface area contributed by atoms with Crippen molar-refractivity contribution in [2.75, 3.05) is 13.1 Å². The molecule has 3 nitrogen and oxygen atoms in total. The van der Waals surface area contributed by atoms with Crippen LogP contribution in [-0.2, 0) is 6.18 Å². The van der Waals surface area contributed by atoms with Gasteiger partial charge in [-0.25, -0.2) is 4.68 Å². The Morgan fingerprint density at radius 1 is 1.19 bits per heavy atom. The van der Waals surface area contributed by atoms with E-state index in [9.17, 15) is 13.2 Å². The molecule has 1 aliphatic rings. The van der Waals surface area contributed by atoms with E-state index >= 15 is 0 Å². The van der Waals surface area contributed by atoms with Crippen LogP contribution in [0.15, 0.2) is 36.7 Å². The molecular formula is C15H16F3N3. The summed E-state index contributed by atoms with van der Waals surface area (Å²) in [5.74, 6) is 0.436. The van der Waals surface area contributed by atoms with Crippen LogP contribution in [0.25, 0.3) is 5.69 Å². The van der Waals surface area contributed by atoms with E-state index in [1.165, 1.54) is 10.7 Å². The number of benzene rings is 1. The maximum absolute atomic E-state index is 12.7. The minimum absolute atomic E-state index is 0.435. The number of piperidine rings is 1. The molecule has 1 aromatic heterocycles. The van der Waals surface area contributed by atoms with E-state index < -0.39 is 11.7 Å². The van der Waals surface area contributed by atoms with Crippen LogP contribution < -0.4 is 5.32 Å². The van der Waals surface area contributed by atoms with E-state index in [0.29, 0.717) is 11.6 Å². The normalized spacial score (nSPS) is 17.1. The van der Waals surface area contributed by atoms with Gasteiger partial charge in [-0.1, -0.05) is 6.07 Å². The van der Waals surface area contributed by atoms with Gasteiger partial charge in [0.15, 0.2) is 0 Å². The molecule has 0 amide bonds. The monoisotopic (exact) mass is 295 g/mol. The number of halogens is 3. The average Bonchev–Trinajstić information content (AvgIpc) is 2.97. The van der Waals surface area contributed by atoms with Crippen LogP contribution in [-0.4, -0.2) is 22.9 Å². The maximum atomic E-state index is 12.7. The van der Waals surface area contributed by atoms with Crippen LogP contribution in [0.2, 0.25) is 0 Å². The Balaban J connectivity index is 1.86. The molecule has 3 rings (SSSR count). The standard InChI is InChI=1S/C15H16F3N3/c16-15(17,18)13-2-1-3-14(8-13)21-10-12(9-20-21)11-4-6-19-7-5-11/h1-3,8-11,19H,4-7H2. The highest BCUT2D eigenvalue weighted by Crippen LogP contribution is 2.31. The molecule has 0 saturated carbocycles. The second-order valence-corrected chi connectivity index (χ2v) is 5.29. The van der Waals surface area contributed by atoms with Crippen LogP contribution in [0, 0.1) is 0 Å². The Morgan fingerprint density at radius 3 is 2.67 bits per heavy atom. The van der Waals surface area contributed by atoms with Crippen molar-refractivity contribution in [3.63, 3.8) is 0 Å². The van der Waals surface area contributed by atoms with E-state index in [4.69, 9.17) is 0 Å². The molecule has 1 saturated heterocycles. The van der Waals surface area contributed by atoms with Gasteiger partial charge in [0.1, 0.15) is 0 Å². The van der Waals surface area contributed by atoms with Crippen molar-refractivity contribution in [3.8, 4) is 5.69 Å². The van der Waals surface area contributed by atoms with Crippen molar-refractivity contribution >= 4 is 0 Å². The zero-order valence-corrected chi connectivity index (χ0v) is 11.4. The van der Waals surface area contributed by atoms with E-state index in [1.807, 2.05) is 6.20 Å². The summed E-state index contributed by atoms with van der Waals surface area (Å²) in [5.41, 5.74) is 0.873. The molecule has 112 valence electrons. The number of hydrogen-bond acceptors (Lipinski definition) is 2. The van der Waals surface area contributed by atoms with Gasteiger partial charge in [-0.3, -0.25) is 0 Å². The zero-order valence-electron chi connectivity index (χ0n) is 11.4. The molecule has 6 heteroatoms. The first-order valence-corrected chi connectivity index (χ1v) is 6.97. The van der Waals surface area contributed by atoms with Crippen molar-refractivity contribution in [1.82, 2.24) is 15.1 Å². The smallest absolute Gasteiger partial charge is 0.317 e. The van der Waals surface area contributed by atoms with Gasteiger partial charge in [-0.15, -0.1) is 0 Å². The van der Waals surface area contributed by atoms with Crippen LogP contribution in [0.3, 0.4) is 0 Å². The number of alkyl halides is 3. The first-order valence-electron chi connectivity index (χ1n) is 6.97. The second kappa shape index (κ2) is 5.52. The number of aromatic nitrogens is 2. The molecule has 0 aliphatic carbocycles. The predicted octanol–water partition coefficient (Wildman–Crippen LogP) is 3.36. The quantitative estimate of drug-likeness (QED) is 0.920. The molecule has 1 N–H and O–H groups in total. The van der Waals surface area contributed by atoms with Crippen LogP contribution in [0.5, 0.6) is 0 Å². The molecule has 1 fully saturated rings. The predicted molar refractivity (Wildman–Crippen MR) is 73.4 cm³/mol. The van der Waals surface area contributed by atoms with Gasteiger partial charge in [0.2, 0.25) is 0 Å². The zero-order chi connectivity index (χ0) is 14.9. The summed E-state index contributed by atoms with van der Waals surface area (Å²) >= 11 is 0. The Labute approximate surface area is 120 Å². The topological polar surface area (TPSA) is 29.9 Å². The summed E-state index contributed by atoms with van der Waals surface area (Å²) in [6, 6.07) is 5.23.